The minimum atomic E-state index is -4.25. The Morgan fingerprint density at radius 1 is 1.30 bits per heavy atom. The number of nitrogens with zero attached hydrogens (tertiary/aromatic N) is 1. The van der Waals surface area contributed by atoms with Gasteiger partial charge in [-0.2, -0.15) is 13.2 Å². The molecule has 3 nitrogen and oxygen atoms in total. The van der Waals surface area contributed by atoms with Crippen LogP contribution in [0.2, 0.25) is 0 Å². The molecule has 0 aliphatic rings. The maximum absolute atomic E-state index is 12.8. The van der Waals surface area contributed by atoms with E-state index in [-0.39, 0.29) is 0 Å². The first-order valence-electron chi connectivity index (χ1n) is 6.91. The summed E-state index contributed by atoms with van der Waals surface area (Å²) < 4.78 is 43.8. The summed E-state index contributed by atoms with van der Waals surface area (Å²) in [5.41, 5.74) is 6.04. The zero-order chi connectivity index (χ0) is 15.3. The Bertz CT molecular complexity index is 403. The summed E-state index contributed by atoms with van der Waals surface area (Å²) >= 11 is 0. The minimum Gasteiger partial charge on any atom is -0.465 e. The highest BCUT2D eigenvalue weighted by molar-refractivity contribution is 5.12. The first-order chi connectivity index (χ1) is 9.28. The average Bonchev–Trinajstić information content (AvgIpc) is 2.74. The average molecular weight is 292 g/mol. The molecule has 1 aromatic heterocycles. The Balaban J connectivity index is 3.04. The summed E-state index contributed by atoms with van der Waals surface area (Å²) in [6.45, 7) is 4.85. The van der Waals surface area contributed by atoms with E-state index in [1.165, 1.54) is 4.90 Å². The monoisotopic (exact) mass is 292 g/mol. The van der Waals surface area contributed by atoms with Crippen LogP contribution in [-0.4, -0.2) is 30.2 Å². The zero-order valence-electron chi connectivity index (χ0n) is 12.2. The van der Waals surface area contributed by atoms with Crippen LogP contribution in [0, 0.1) is 6.92 Å². The van der Waals surface area contributed by atoms with E-state index in [0.29, 0.717) is 30.9 Å². The second-order valence-electron chi connectivity index (χ2n) is 5.05. The molecule has 2 atom stereocenters. The predicted octanol–water partition coefficient (Wildman–Crippen LogP) is 3.64. The molecule has 6 heteroatoms. The van der Waals surface area contributed by atoms with E-state index in [1.807, 2.05) is 13.8 Å². The van der Waals surface area contributed by atoms with Crippen molar-refractivity contribution in [1.82, 2.24) is 4.90 Å². The summed E-state index contributed by atoms with van der Waals surface area (Å²) in [5.74, 6) is 1.19. The van der Waals surface area contributed by atoms with Crippen LogP contribution in [0.4, 0.5) is 13.2 Å². The molecule has 0 aliphatic carbocycles. The highest BCUT2D eigenvalue weighted by Gasteiger charge is 2.37. The van der Waals surface area contributed by atoms with Crippen LogP contribution in [0.5, 0.6) is 0 Å². The molecule has 0 aromatic carbocycles. The second kappa shape index (κ2) is 7.13. The number of furan rings is 1. The van der Waals surface area contributed by atoms with Gasteiger partial charge in [0.15, 0.2) is 0 Å². The predicted molar refractivity (Wildman–Crippen MR) is 72.4 cm³/mol. The van der Waals surface area contributed by atoms with Gasteiger partial charge in [0.1, 0.15) is 11.5 Å². The van der Waals surface area contributed by atoms with Crippen molar-refractivity contribution in [2.75, 3.05) is 13.1 Å². The smallest absolute Gasteiger partial charge is 0.401 e. The van der Waals surface area contributed by atoms with Crippen molar-refractivity contribution in [3.63, 3.8) is 0 Å². The van der Waals surface area contributed by atoms with Gasteiger partial charge < -0.3 is 10.2 Å². The van der Waals surface area contributed by atoms with E-state index in [9.17, 15) is 13.2 Å². The maximum Gasteiger partial charge on any atom is 0.401 e. The third-order valence-electron chi connectivity index (χ3n) is 3.22. The summed E-state index contributed by atoms with van der Waals surface area (Å²) in [4.78, 5) is 1.37. The fourth-order valence-electron chi connectivity index (χ4n) is 2.33. The molecule has 116 valence electrons. The number of hydrogen-bond acceptors (Lipinski definition) is 3. The Labute approximate surface area is 117 Å². The first-order valence-corrected chi connectivity index (χ1v) is 6.91. The summed E-state index contributed by atoms with van der Waals surface area (Å²) in [5, 5.41) is 0. The lowest BCUT2D eigenvalue weighted by molar-refractivity contribution is -0.153. The Hall–Kier alpha value is -1.01. The minimum absolute atomic E-state index is 0.331. The van der Waals surface area contributed by atoms with Gasteiger partial charge in [0.25, 0.3) is 0 Å². The maximum atomic E-state index is 12.8. The molecule has 2 unspecified atom stereocenters. The lowest BCUT2D eigenvalue weighted by Crippen LogP contribution is -2.45. The van der Waals surface area contributed by atoms with Crippen molar-refractivity contribution in [1.29, 1.82) is 0 Å². The normalized spacial score (nSPS) is 15.6. The molecule has 0 saturated carbocycles. The van der Waals surface area contributed by atoms with E-state index in [0.717, 1.165) is 0 Å². The van der Waals surface area contributed by atoms with E-state index in [4.69, 9.17) is 10.2 Å². The first kappa shape index (κ1) is 17.0. The van der Waals surface area contributed by atoms with Gasteiger partial charge in [-0.25, -0.2) is 0 Å². The molecule has 1 heterocycles. The van der Waals surface area contributed by atoms with Crippen molar-refractivity contribution < 1.29 is 17.6 Å². The zero-order valence-corrected chi connectivity index (χ0v) is 12.2. The van der Waals surface area contributed by atoms with Crippen LogP contribution < -0.4 is 5.73 Å². The van der Waals surface area contributed by atoms with Gasteiger partial charge >= 0.3 is 6.18 Å². The van der Waals surface area contributed by atoms with Gasteiger partial charge in [-0.05, 0) is 38.4 Å². The van der Waals surface area contributed by atoms with E-state index in [1.54, 1.807) is 19.1 Å². The van der Waals surface area contributed by atoms with Crippen LogP contribution >= 0.6 is 0 Å². The summed E-state index contributed by atoms with van der Waals surface area (Å²) in [6, 6.07) is 2.53. The van der Waals surface area contributed by atoms with E-state index < -0.39 is 24.8 Å². The highest BCUT2D eigenvalue weighted by Crippen LogP contribution is 2.30. The number of hydrogen-bond donors (Lipinski definition) is 1. The highest BCUT2D eigenvalue weighted by atomic mass is 19.4. The fourth-order valence-corrected chi connectivity index (χ4v) is 2.33. The second-order valence-corrected chi connectivity index (χ2v) is 5.05. The largest absolute Gasteiger partial charge is 0.465 e. The van der Waals surface area contributed by atoms with Crippen molar-refractivity contribution in [2.24, 2.45) is 5.73 Å². The van der Waals surface area contributed by atoms with Crippen molar-refractivity contribution in [3.8, 4) is 0 Å². The summed E-state index contributed by atoms with van der Waals surface area (Å²) in [6.07, 6.45) is -3.03. The van der Waals surface area contributed by atoms with E-state index >= 15 is 0 Å². The molecular formula is C14H23F3N2O. The number of alkyl halides is 3. The lowest BCUT2D eigenvalue weighted by Gasteiger charge is -2.34. The molecule has 0 amide bonds. The third-order valence-corrected chi connectivity index (χ3v) is 3.22. The molecule has 1 aromatic rings. The molecule has 0 aliphatic heterocycles. The van der Waals surface area contributed by atoms with Crippen LogP contribution in [-0.2, 0) is 0 Å². The lowest BCUT2D eigenvalue weighted by atomic mass is 10.0. The number of nitrogens with two attached hydrogens (primary N) is 1. The molecule has 0 fully saturated rings. The van der Waals surface area contributed by atoms with Gasteiger partial charge in [-0.15, -0.1) is 0 Å². The van der Waals surface area contributed by atoms with Crippen LogP contribution in [0.15, 0.2) is 16.5 Å². The molecule has 0 saturated heterocycles. The molecule has 20 heavy (non-hydrogen) atoms. The fraction of sp³-hybridized carbons (Fsp3) is 0.714. The Morgan fingerprint density at radius 3 is 2.35 bits per heavy atom. The van der Waals surface area contributed by atoms with Crippen molar-refractivity contribution in [3.05, 3.63) is 23.7 Å². The van der Waals surface area contributed by atoms with Crippen LogP contribution in [0.3, 0.4) is 0 Å². The third kappa shape index (κ3) is 4.83. The molecular weight excluding hydrogens is 269 g/mol. The van der Waals surface area contributed by atoms with Gasteiger partial charge in [-0.3, -0.25) is 4.90 Å². The van der Waals surface area contributed by atoms with Crippen LogP contribution in [0.1, 0.15) is 44.3 Å². The molecule has 2 N–H and O–H groups in total. The molecule has 0 radical (unpaired) electrons. The molecule has 0 spiro atoms. The standard InChI is InChI=1S/C14H23F3N2O/c1-4-8-19(9-14(15,16)17)13(11(18)5-2)12-7-6-10(3)20-12/h6-7,11,13H,4-5,8-9,18H2,1-3H3. The van der Waals surface area contributed by atoms with Crippen LogP contribution in [0.25, 0.3) is 0 Å². The van der Waals surface area contributed by atoms with Gasteiger partial charge in [0, 0.05) is 6.04 Å². The topological polar surface area (TPSA) is 42.4 Å². The van der Waals surface area contributed by atoms with Gasteiger partial charge in [0.2, 0.25) is 0 Å². The van der Waals surface area contributed by atoms with Gasteiger partial charge in [-0.1, -0.05) is 13.8 Å². The molecule has 0 bridgehead atoms. The number of rotatable bonds is 7. The van der Waals surface area contributed by atoms with Gasteiger partial charge in [0.05, 0.1) is 12.6 Å². The summed E-state index contributed by atoms with van der Waals surface area (Å²) in [7, 11) is 0. The quantitative estimate of drug-likeness (QED) is 0.834. The Kier molecular flexibility index (Phi) is 6.07. The number of aryl methyl sites for hydroxylation is 1. The Morgan fingerprint density at radius 2 is 1.95 bits per heavy atom. The SMILES string of the molecule is CCCN(CC(F)(F)F)C(c1ccc(C)o1)C(N)CC. The van der Waals surface area contributed by atoms with Crippen molar-refractivity contribution in [2.45, 2.75) is 51.9 Å². The van der Waals surface area contributed by atoms with Crippen molar-refractivity contribution >= 4 is 0 Å². The number of halogens is 3. The molecule has 1 rings (SSSR count). The van der Waals surface area contributed by atoms with E-state index in [2.05, 4.69) is 0 Å².